The highest BCUT2D eigenvalue weighted by molar-refractivity contribution is 7.58. The monoisotopic (exact) mass is 307 g/mol. The molecule has 0 radical (unpaired) electrons. The van der Waals surface area contributed by atoms with Crippen molar-refractivity contribution in [2.24, 2.45) is 0 Å². The van der Waals surface area contributed by atoms with E-state index >= 15 is 0 Å². The maximum Gasteiger partial charge on any atom is 0.276 e. The minimum Gasteiger partial charge on any atom is -0.740 e. The third-order valence-electron chi connectivity index (χ3n) is 2.82. The van der Waals surface area contributed by atoms with E-state index < -0.39 is 0 Å². The van der Waals surface area contributed by atoms with Gasteiger partial charge in [-0.3, -0.25) is 4.79 Å². The molecular weight excluding hydrogens is 290 g/mol. The molecule has 0 saturated carbocycles. The smallest absolute Gasteiger partial charge is 0.276 e. The van der Waals surface area contributed by atoms with Crippen LogP contribution in [0.3, 0.4) is 0 Å². The second-order valence-electron chi connectivity index (χ2n) is 4.37. The van der Waals surface area contributed by atoms with Gasteiger partial charge in [0.15, 0.2) is 5.69 Å². The molecule has 1 aromatic heterocycles. The minimum atomic E-state index is -0.382. The molecule has 1 fully saturated rings. The molecule has 1 aliphatic heterocycles. The van der Waals surface area contributed by atoms with Gasteiger partial charge < -0.3 is 33.4 Å². The number of hydrogen-bond donors (Lipinski definition) is 3. The number of nitrogens with one attached hydrogen (secondary N) is 1. The van der Waals surface area contributed by atoms with Gasteiger partial charge in [0.05, 0.1) is 26.3 Å². The lowest BCUT2D eigenvalue weighted by Gasteiger charge is -2.07. The highest BCUT2D eigenvalue weighted by Crippen LogP contribution is 2.19. The lowest BCUT2D eigenvalue weighted by atomic mass is 10.1. The number of aromatic nitrogens is 3. The van der Waals surface area contributed by atoms with Crippen molar-refractivity contribution in [3.8, 4) is 11.3 Å². The molecule has 112 valence electrons. The van der Waals surface area contributed by atoms with Crippen molar-refractivity contribution in [1.82, 2.24) is 15.2 Å². The van der Waals surface area contributed by atoms with Gasteiger partial charge in [0.1, 0.15) is 0 Å². The van der Waals surface area contributed by atoms with Crippen molar-refractivity contribution in [2.45, 2.75) is 5.16 Å². The molecule has 0 unspecified atom stereocenters. The van der Waals surface area contributed by atoms with Gasteiger partial charge in [-0.25, -0.2) is 0 Å². The van der Waals surface area contributed by atoms with Gasteiger partial charge in [-0.15, -0.1) is 5.10 Å². The highest BCUT2D eigenvalue weighted by atomic mass is 32.1. The minimum absolute atomic E-state index is 0.0678. The molecule has 8 heteroatoms. The maximum atomic E-state index is 11.5. The molecule has 0 bridgehead atoms. The zero-order chi connectivity index (χ0) is 15.1. The number of benzene rings is 1. The van der Waals surface area contributed by atoms with Crippen LogP contribution >= 0.6 is 0 Å². The van der Waals surface area contributed by atoms with Crippen LogP contribution in [0.4, 0.5) is 5.69 Å². The molecule has 1 aliphatic rings. The SMILES string of the molecule is C1COCC[NH2+]1.Nc1ccccc1-c1nnc([S-])[nH]c1=O. The number of para-hydroxylation sites is 1. The molecule has 21 heavy (non-hydrogen) atoms. The Morgan fingerprint density at radius 3 is 2.48 bits per heavy atom. The largest absolute Gasteiger partial charge is 0.740 e. The predicted molar refractivity (Wildman–Crippen MR) is 80.6 cm³/mol. The first-order chi connectivity index (χ1) is 10.2. The predicted octanol–water partition coefficient (Wildman–Crippen LogP) is -1.10. The van der Waals surface area contributed by atoms with Crippen LogP contribution < -0.4 is 16.6 Å². The number of ether oxygens (including phenoxy) is 1. The van der Waals surface area contributed by atoms with Crippen LogP contribution in [0.25, 0.3) is 11.3 Å². The van der Waals surface area contributed by atoms with Crippen molar-refractivity contribution in [2.75, 3.05) is 32.0 Å². The Labute approximate surface area is 127 Å². The van der Waals surface area contributed by atoms with Crippen LogP contribution in [0.15, 0.2) is 34.2 Å². The first kappa shape index (κ1) is 15.4. The fourth-order valence-electron chi connectivity index (χ4n) is 1.79. The molecule has 0 aliphatic carbocycles. The molecule has 0 amide bonds. The van der Waals surface area contributed by atoms with Crippen molar-refractivity contribution in [3.05, 3.63) is 34.6 Å². The quantitative estimate of drug-likeness (QED) is 0.456. The molecule has 2 heterocycles. The molecule has 1 saturated heterocycles. The highest BCUT2D eigenvalue weighted by Gasteiger charge is 2.07. The Kier molecular flexibility index (Phi) is 5.61. The Hall–Kier alpha value is -2.03. The molecule has 5 N–H and O–H groups in total. The number of nitrogens with zero attached hydrogens (tertiary/aromatic N) is 2. The lowest BCUT2D eigenvalue weighted by molar-refractivity contribution is -0.670. The number of rotatable bonds is 1. The van der Waals surface area contributed by atoms with Crippen molar-refractivity contribution in [1.29, 1.82) is 0 Å². The molecule has 7 nitrogen and oxygen atoms in total. The average molecular weight is 307 g/mol. The zero-order valence-corrected chi connectivity index (χ0v) is 12.2. The third kappa shape index (κ3) is 4.48. The molecular formula is C13H17N5O2S. The van der Waals surface area contributed by atoms with Crippen molar-refractivity contribution in [3.63, 3.8) is 0 Å². The Morgan fingerprint density at radius 1 is 1.24 bits per heavy atom. The van der Waals surface area contributed by atoms with Gasteiger partial charge in [-0.05, 0) is 6.07 Å². The van der Waals surface area contributed by atoms with Gasteiger partial charge in [0, 0.05) is 16.4 Å². The number of H-pyrrole nitrogens is 1. The van der Waals surface area contributed by atoms with E-state index in [-0.39, 0.29) is 16.4 Å². The lowest BCUT2D eigenvalue weighted by Crippen LogP contribution is -2.87. The van der Waals surface area contributed by atoms with Crippen LogP contribution in [-0.4, -0.2) is 41.5 Å². The van der Waals surface area contributed by atoms with Crippen LogP contribution in [0.5, 0.6) is 0 Å². The molecule has 2 aromatic rings. The summed E-state index contributed by atoms with van der Waals surface area (Å²) in [6.45, 7) is 4.19. The summed E-state index contributed by atoms with van der Waals surface area (Å²) in [5, 5.41) is 9.68. The zero-order valence-electron chi connectivity index (χ0n) is 11.4. The summed E-state index contributed by atoms with van der Waals surface area (Å²) in [6, 6.07) is 6.95. The summed E-state index contributed by atoms with van der Waals surface area (Å²) in [5.74, 6) is 0. The number of nitrogen functional groups attached to an aromatic ring is 1. The number of hydrogen-bond acceptors (Lipinski definition) is 6. The van der Waals surface area contributed by atoms with Gasteiger partial charge in [0.2, 0.25) is 0 Å². The second kappa shape index (κ2) is 7.67. The number of aromatic amines is 1. The Balaban J connectivity index is 0.000000225. The Morgan fingerprint density at radius 2 is 1.95 bits per heavy atom. The first-order valence-corrected chi connectivity index (χ1v) is 6.97. The van der Waals surface area contributed by atoms with Crippen molar-refractivity contribution >= 4 is 18.3 Å². The molecule has 1 aromatic carbocycles. The number of nitrogens with two attached hydrogens (primary N) is 2. The van der Waals surface area contributed by atoms with E-state index in [4.69, 9.17) is 10.5 Å². The van der Waals surface area contributed by atoms with E-state index in [2.05, 4.69) is 33.1 Å². The average Bonchev–Trinajstić information content (AvgIpc) is 2.51. The van der Waals surface area contributed by atoms with Crippen LogP contribution in [0.2, 0.25) is 0 Å². The van der Waals surface area contributed by atoms with Gasteiger partial charge in [0.25, 0.3) is 5.56 Å². The van der Waals surface area contributed by atoms with E-state index in [1.807, 2.05) is 0 Å². The van der Waals surface area contributed by atoms with Crippen LogP contribution in [-0.2, 0) is 17.4 Å². The molecule has 3 rings (SSSR count). The van der Waals surface area contributed by atoms with Gasteiger partial charge >= 0.3 is 0 Å². The van der Waals surface area contributed by atoms with E-state index in [9.17, 15) is 4.79 Å². The van der Waals surface area contributed by atoms with Gasteiger partial charge in [-0.1, -0.05) is 18.2 Å². The molecule has 0 atom stereocenters. The van der Waals surface area contributed by atoms with Gasteiger partial charge in [-0.2, -0.15) is 5.10 Å². The van der Waals surface area contributed by atoms with E-state index in [1.165, 1.54) is 0 Å². The molecule has 0 spiro atoms. The third-order valence-corrected chi connectivity index (χ3v) is 3.01. The Bertz CT molecular complexity index is 631. The summed E-state index contributed by atoms with van der Waals surface area (Å²) in [5.41, 5.74) is 6.55. The van der Waals surface area contributed by atoms with E-state index in [0.29, 0.717) is 11.3 Å². The van der Waals surface area contributed by atoms with Crippen LogP contribution in [0, 0.1) is 0 Å². The normalized spacial score (nSPS) is 14.1. The summed E-state index contributed by atoms with van der Waals surface area (Å²) in [4.78, 5) is 13.9. The standard InChI is InChI=1S/C9H8N4OS.C4H9NO/c10-6-4-2-1-3-5(6)7-8(14)11-9(15)13-12-7;1-3-6-4-2-5-1/h1-4H,10H2,(H2,11,13,14,15);5H,1-4H2. The van der Waals surface area contributed by atoms with E-state index in [1.54, 1.807) is 24.3 Å². The van der Waals surface area contributed by atoms with E-state index in [0.717, 1.165) is 26.3 Å². The van der Waals surface area contributed by atoms with Crippen LogP contribution in [0.1, 0.15) is 0 Å². The summed E-state index contributed by atoms with van der Waals surface area (Å²) >= 11 is 4.68. The maximum absolute atomic E-state index is 11.5. The fourth-order valence-corrected chi connectivity index (χ4v) is 1.92. The second-order valence-corrected chi connectivity index (χ2v) is 4.76. The fraction of sp³-hybridized carbons (Fsp3) is 0.308. The first-order valence-electron chi connectivity index (χ1n) is 6.57. The van der Waals surface area contributed by atoms with Crippen molar-refractivity contribution < 1.29 is 10.1 Å². The number of anilines is 1. The number of morpholine rings is 1. The summed E-state index contributed by atoms with van der Waals surface area (Å²) in [7, 11) is 0. The number of quaternary nitrogens is 1. The topological polar surface area (TPSA) is 110 Å². The summed E-state index contributed by atoms with van der Waals surface area (Å²) < 4.78 is 5.04. The summed E-state index contributed by atoms with van der Waals surface area (Å²) in [6.07, 6.45) is 0.